The fourth-order valence-electron chi connectivity index (χ4n) is 10.2. The number of carboxylic acid groups (broad SMARTS) is 1. The van der Waals surface area contributed by atoms with Gasteiger partial charge in [0.2, 0.25) is 0 Å². The normalized spacial score (nSPS) is 52.0. The zero-order valence-electron chi connectivity index (χ0n) is 22.3. The predicted octanol–water partition coefficient (Wildman–Crippen LogP) is 6.62. The number of carboxylic acids is 1. The summed E-state index contributed by atoms with van der Waals surface area (Å²) < 4.78 is 0. The van der Waals surface area contributed by atoms with Gasteiger partial charge >= 0.3 is 5.97 Å². The average Bonchev–Trinajstić information content (AvgIpc) is 2.73. The lowest BCUT2D eigenvalue weighted by Crippen LogP contribution is -2.66. The van der Waals surface area contributed by atoms with Gasteiger partial charge in [0, 0.05) is 17.8 Å². The summed E-state index contributed by atoms with van der Waals surface area (Å²) in [5, 5.41) is 10.0. The van der Waals surface area contributed by atoms with Crippen molar-refractivity contribution in [3.63, 3.8) is 0 Å². The first-order valence-corrected chi connectivity index (χ1v) is 13.6. The molecule has 0 aromatic carbocycles. The minimum atomic E-state index is -0.721. The van der Waals surface area contributed by atoms with Crippen LogP contribution in [0.25, 0.3) is 0 Å². The van der Waals surface area contributed by atoms with Gasteiger partial charge < -0.3 is 5.11 Å². The number of rotatable bonds is 1. The number of Topliss-reactive ketones (excluding diaryl/α,β-unsaturated/α-hetero) is 1. The molecule has 4 nitrogen and oxygen atoms in total. The number of hydrogen-bond acceptors (Lipinski definition) is 3. The fraction of sp³-hybridized carbons (Fsp3) is 0.833. The third kappa shape index (κ3) is 2.75. The number of allylic oxidation sites excluding steroid dienone is 2. The van der Waals surface area contributed by atoms with Crippen LogP contribution in [0, 0.1) is 50.2 Å². The van der Waals surface area contributed by atoms with E-state index in [1.54, 1.807) is 0 Å². The van der Waals surface area contributed by atoms with Crippen LogP contribution in [0.1, 0.15) is 106 Å². The third-order valence-corrected chi connectivity index (χ3v) is 12.8. The van der Waals surface area contributed by atoms with Crippen molar-refractivity contribution in [2.75, 3.05) is 0 Å². The molecule has 0 spiro atoms. The summed E-state index contributed by atoms with van der Waals surface area (Å²) in [6, 6.07) is 0. The van der Waals surface area contributed by atoms with E-state index in [1.165, 1.54) is 5.57 Å². The molecule has 0 radical (unpaired) electrons. The molecule has 4 heteroatoms. The topological polar surface area (TPSA) is 71.4 Å². The Hall–Kier alpha value is -1.45. The first-order valence-electron chi connectivity index (χ1n) is 13.6. The predicted molar refractivity (Wildman–Crippen MR) is 132 cm³/mol. The second-order valence-electron chi connectivity index (χ2n) is 14.7. The zero-order chi connectivity index (χ0) is 25.1. The Bertz CT molecular complexity index is 1010. The van der Waals surface area contributed by atoms with Crippen molar-refractivity contribution in [3.8, 4) is 0 Å². The van der Waals surface area contributed by atoms with E-state index < -0.39 is 11.4 Å². The summed E-state index contributed by atoms with van der Waals surface area (Å²) in [6.45, 7) is 15.5. The van der Waals surface area contributed by atoms with Crippen LogP contribution in [0.2, 0.25) is 0 Å². The van der Waals surface area contributed by atoms with Gasteiger partial charge in [-0.25, -0.2) is 0 Å². The number of carbonyl (C=O) groups is 3. The maximum atomic E-state index is 14.2. The van der Waals surface area contributed by atoms with Gasteiger partial charge in [-0.05, 0) is 97.9 Å². The molecule has 0 heterocycles. The van der Waals surface area contributed by atoms with Crippen LogP contribution >= 0.6 is 0 Å². The van der Waals surface area contributed by atoms with E-state index in [-0.39, 0.29) is 50.6 Å². The average molecular weight is 469 g/mol. The first kappa shape index (κ1) is 24.3. The van der Waals surface area contributed by atoms with Crippen molar-refractivity contribution in [3.05, 3.63) is 11.6 Å². The second-order valence-corrected chi connectivity index (χ2v) is 14.7. The molecule has 5 aliphatic carbocycles. The van der Waals surface area contributed by atoms with E-state index in [9.17, 15) is 19.5 Å². The van der Waals surface area contributed by atoms with Gasteiger partial charge in [-0.2, -0.15) is 0 Å². The van der Waals surface area contributed by atoms with Crippen LogP contribution in [0.4, 0.5) is 0 Å². The van der Waals surface area contributed by atoms with Crippen LogP contribution < -0.4 is 0 Å². The zero-order valence-corrected chi connectivity index (χ0v) is 22.3. The number of aliphatic carboxylic acids is 1. The molecular formula is C30H44O4. The van der Waals surface area contributed by atoms with Crippen molar-refractivity contribution in [2.24, 2.45) is 50.2 Å². The molecule has 1 N–H and O–H groups in total. The van der Waals surface area contributed by atoms with Crippen LogP contribution in [0.15, 0.2) is 11.6 Å². The largest absolute Gasteiger partial charge is 0.481 e. The lowest BCUT2D eigenvalue weighted by Gasteiger charge is -2.69. The first-order chi connectivity index (χ1) is 15.6. The van der Waals surface area contributed by atoms with Gasteiger partial charge in [0.25, 0.3) is 0 Å². The Morgan fingerprint density at radius 3 is 2.21 bits per heavy atom. The summed E-state index contributed by atoms with van der Waals surface area (Å²) in [5.41, 5.74) is -0.205. The van der Waals surface area contributed by atoms with Crippen LogP contribution in [-0.2, 0) is 14.4 Å². The molecule has 5 aliphatic rings. The van der Waals surface area contributed by atoms with Gasteiger partial charge in [0.05, 0.1) is 5.41 Å². The summed E-state index contributed by atoms with van der Waals surface area (Å²) in [7, 11) is 0. The summed E-state index contributed by atoms with van der Waals surface area (Å²) in [4.78, 5) is 39.3. The molecule has 5 rings (SSSR count). The maximum absolute atomic E-state index is 14.2. The highest BCUT2D eigenvalue weighted by atomic mass is 16.4. The van der Waals surface area contributed by atoms with Crippen molar-refractivity contribution in [1.82, 2.24) is 0 Å². The number of ketones is 2. The van der Waals surface area contributed by atoms with Gasteiger partial charge in [-0.3, -0.25) is 14.4 Å². The summed E-state index contributed by atoms with van der Waals surface area (Å²) in [6.07, 6.45) is 9.78. The molecule has 8 atom stereocenters. The molecule has 0 unspecified atom stereocenters. The van der Waals surface area contributed by atoms with Crippen molar-refractivity contribution in [2.45, 2.75) is 106 Å². The molecule has 0 amide bonds. The Morgan fingerprint density at radius 1 is 0.912 bits per heavy atom. The summed E-state index contributed by atoms with van der Waals surface area (Å²) >= 11 is 0. The van der Waals surface area contributed by atoms with Crippen molar-refractivity contribution >= 4 is 17.5 Å². The van der Waals surface area contributed by atoms with Crippen molar-refractivity contribution < 1.29 is 19.5 Å². The molecule has 0 bridgehead atoms. The highest BCUT2D eigenvalue weighted by Gasteiger charge is 2.70. The molecular weight excluding hydrogens is 424 g/mol. The lowest BCUT2D eigenvalue weighted by atomic mass is 9.33. The van der Waals surface area contributed by atoms with Crippen molar-refractivity contribution in [1.29, 1.82) is 0 Å². The maximum Gasteiger partial charge on any atom is 0.309 e. The van der Waals surface area contributed by atoms with E-state index in [4.69, 9.17) is 0 Å². The third-order valence-electron chi connectivity index (χ3n) is 12.8. The Kier molecular flexibility index (Phi) is 4.89. The monoisotopic (exact) mass is 468 g/mol. The SMILES string of the molecule is CC1(C)C(=O)CC[C@]2(C)[C@H]3C(=O)C=C4[C@@H]5C[C@](C)(C(=O)O)CC[C@]5(C)CC[C@@]4(C)[C@]3(C)CC[C@@H]12. The van der Waals surface area contributed by atoms with E-state index in [1.807, 2.05) is 13.0 Å². The van der Waals surface area contributed by atoms with Crippen LogP contribution in [0.5, 0.6) is 0 Å². The molecule has 4 saturated carbocycles. The molecule has 0 aliphatic heterocycles. The smallest absolute Gasteiger partial charge is 0.309 e. The number of hydrogen-bond donors (Lipinski definition) is 1. The Morgan fingerprint density at radius 2 is 1.56 bits per heavy atom. The van der Waals surface area contributed by atoms with Gasteiger partial charge in [0.15, 0.2) is 5.78 Å². The highest BCUT2D eigenvalue weighted by Crippen LogP contribution is 2.74. The quantitative estimate of drug-likeness (QED) is 0.469. The minimum absolute atomic E-state index is 0.0707. The molecule has 34 heavy (non-hydrogen) atoms. The standard InChI is InChI=1S/C30H44O4/c1-25(2)21-8-11-30(7)23(28(21,5)10-9-22(25)32)20(31)16-18-19-17-27(4,24(33)34)13-12-26(19,3)14-15-29(18,30)6/h16,19,21,23H,8-15,17H2,1-7H3,(H,33,34)/t19-,21-,23+,26+,27+,28-,29+,30+/m0/s1. The molecule has 0 saturated heterocycles. The van der Waals surface area contributed by atoms with Crippen LogP contribution in [-0.4, -0.2) is 22.6 Å². The molecule has 0 aromatic rings. The Balaban J connectivity index is 1.63. The highest BCUT2D eigenvalue weighted by molar-refractivity contribution is 5.96. The van der Waals surface area contributed by atoms with Crippen LogP contribution in [0.3, 0.4) is 0 Å². The number of carbonyl (C=O) groups excluding carboxylic acids is 2. The van der Waals surface area contributed by atoms with E-state index in [2.05, 4.69) is 41.5 Å². The number of fused-ring (bicyclic) bond motifs is 7. The van der Waals surface area contributed by atoms with Gasteiger partial charge in [0.1, 0.15) is 5.78 Å². The molecule has 4 fully saturated rings. The Labute approximate surface area is 205 Å². The molecule has 188 valence electrons. The van der Waals surface area contributed by atoms with E-state index >= 15 is 0 Å². The van der Waals surface area contributed by atoms with E-state index in [0.717, 1.165) is 44.9 Å². The van der Waals surface area contributed by atoms with Gasteiger partial charge in [-0.15, -0.1) is 0 Å². The van der Waals surface area contributed by atoms with E-state index in [0.29, 0.717) is 18.6 Å². The van der Waals surface area contributed by atoms with Gasteiger partial charge in [-0.1, -0.05) is 47.1 Å². The minimum Gasteiger partial charge on any atom is -0.481 e. The fourth-order valence-corrected chi connectivity index (χ4v) is 10.2. The lowest BCUT2D eigenvalue weighted by molar-refractivity contribution is -0.188. The molecule has 0 aromatic heterocycles. The second kappa shape index (κ2) is 6.85. The summed E-state index contributed by atoms with van der Waals surface area (Å²) in [5.74, 6) is 0.222.